The van der Waals surface area contributed by atoms with Crippen LogP contribution in [0.3, 0.4) is 0 Å². The lowest BCUT2D eigenvalue weighted by atomic mass is 10.2. The predicted octanol–water partition coefficient (Wildman–Crippen LogP) is 2.93. The van der Waals surface area contributed by atoms with E-state index in [2.05, 4.69) is 46.3 Å². The minimum absolute atomic E-state index is 0.336. The largest absolute Gasteiger partial charge is 0.381 e. The van der Waals surface area contributed by atoms with Gasteiger partial charge >= 0.3 is 0 Å². The van der Waals surface area contributed by atoms with Crippen molar-refractivity contribution < 1.29 is 4.74 Å². The Bertz CT molecular complexity index is 567. The van der Waals surface area contributed by atoms with Gasteiger partial charge < -0.3 is 20.3 Å². The second-order valence-electron chi connectivity index (χ2n) is 6.97. The van der Waals surface area contributed by atoms with E-state index >= 15 is 0 Å². The molecule has 146 valence electrons. The van der Waals surface area contributed by atoms with Crippen molar-refractivity contribution in [1.29, 1.82) is 0 Å². The molecule has 6 nitrogen and oxygen atoms in total. The second-order valence-corrected chi connectivity index (χ2v) is 7.37. The number of nitrogens with zero attached hydrogens (tertiary/aromatic N) is 3. The normalized spacial score (nSPS) is 17.8. The molecule has 2 rings (SSSR count). The van der Waals surface area contributed by atoms with Crippen LogP contribution in [0.2, 0.25) is 5.02 Å². The van der Waals surface area contributed by atoms with Crippen LogP contribution in [0.5, 0.6) is 0 Å². The van der Waals surface area contributed by atoms with Gasteiger partial charge in [-0.3, -0.25) is 4.99 Å². The van der Waals surface area contributed by atoms with Crippen LogP contribution in [0.4, 0.5) is 5.82 Å². The van der Waals surface area contributed by atoms with E-state index in [4.69, 9.17) is 16.3 Å². The summed E-state index contributed by atoms with van der Waals surface area (Å²) in [5, 5.41) is 7.56. The number of hydrogen-bond acceptors (Lipinski definition) is 4. The van der Waals surface area contributed by atoms with Crippen LogP contribution < -0.4 is 15.5 Å². The molecule has 1 saturated heterocycles. The molecule has 1 aromatic heterocycles. The molecule has 1 atom stereocenters. The average molecular weight is 382 g/mol. The lowest BCUT2D eigenvalue weighted by molar-refractivity contribution is 0.109. The molecule has 26 heavy (non-hydrogen) atoms. The Morgan fingerprint density at radius 3 is 3.08 bits per heavy atom. The third-order valence-corrected chi connectivity index (χ3v) is 4.37. The zero-order valence-corrected chi connectivity index (χ0v) is 16.9. The van der Waals surface area contributed by atoms with Crippen LogP contribution in [0.25, 0.3) is 0 Å². The Labute approximate surface area is 162 Å². The Kier molecular flexibility index (Phi) is 8.98. The van der Waals surface area contributed by atoms with Gasteiger partial charge in [-0.1, -0.05) is 25.4 Å². The van der Waals surface area contributed by atoms with E-state index in [0.717, 1.165) is 64.0 Å². The van der Waals surface area contributed by atoms with Gasteiger partial charge in [0.15, 0.2) is 5.96 Å². The number of hydrogen-bond donors (Lipinski definition) is 2. The first-order valence-corrected chi connectivity index (χ1v) is 9.96. The summed E-state index contributed by atoms with van der Waals surface area (Å²) in [6.45, 7) is 11.4. The lowest BCUT2D eigenvalue weighted by Crippen LogP contribution is -2.44. The van der Waals surface area contributed by atoms with Crippen LogP contribution in [0.1, 0.15) is 33.6 Å². The highest BCUT2D eigenvalue weighted by molar-refractivity contribution is 6.32. The standard InChI is InChI=1S/C19H32ClN5O/c1-4-21-19(23-10-6-12-26-14-15(2)3)24-16-8-11-25(13-16)18-17(20)7-5-9-22-18/h5,7,9,15-16H,4,6,8,10-14H2,1-3H3,(H2,21,23,24). The lowest BCUT2D eigenvalue weighted by Gasteiger charge is -2.20. The average Bonchev–Trinajstić information content (AvgIpc) is 3.06. The van der Waals surface area contributed by atoms with Crippen molar-refractivity contribution in [3.05, 3.63) is 23.4 Å². The second kappa shape index (κ2) is 11.2. The summed E-state index contributed by atoms with van der Waals surface area (Å²) in [6.07, 6.45) is 3.76. The molecule has 1 aliphatic heterocycles. The van der Waals surface area contributed by atoms with Crippen molar-refractivity contribution >= 4 is 23.4 Å². The van der Waals surface area contributed by atoms with E-state index in [-0.39, 0.29) is 0 Å². The van der Waals surface area contributed by atoms with E-state index in [1.54, 1.807) is 6.20 Å². The number of aliphatic imine (C=N–C) groups is 1. The summed E-state index contributed by atoms with van der Waals surface area (Å²) in [7, 11) is 0. The zero-order valence-electron chi connectivity index (χ0n) is 16.2. The van der Waals surface area contributed by atoms with Gasteiger partial charge in [-0.05, 0) is 37.8 Å². The third kappa shape index (κ3) is 7.00. The minimum Gasteiger partial charge on any atom is -0.381 e. The van der Waals surface area contributed by atoms with Crippen molar-refractivity contribution in [3.8, 4) is 0 Å². The topological polar surface area (TPSA) is 61.8 Å². The molecule has 0 aliphatic carbocycles. The van der Waals surface area contributed by atoms with Crippen LogP contribution in [-0.2, 0) is 4.74 Å². The molecule has 0 aromatic carbocycles. The molecule has 0 amide bonds. The number of aromatic nitrogens is 1. The maximum absolute atomic E-state index is 6.26. The van der Waals surface area contributed by atoms with Gasteiger partial charge in [-0.15, -0.1) is 0 Å². The molecule has 1 aliphatic rings. The van der Waals surface area contributed by atoms with E-state index in [1.807, 2.05) is 12.1 Å². The van der Waals surface area contributed by atoms with E-state index in [9.17, 15) is 0 Å². The van der Waals surface area contributed by atoms with Crippen molar-refractivity contribution in [1.82, 2.24) is 15.6 Å². The molecular weight excluding hydrogens is 350 g/mol. The molecule has 1 aromatic rings. The number of ether oxygens (including phenoxy) is 1. The Morgan fingerprint density at radius 1 is 1.50 bits per heavy atom. The highest BCUT2D eigenvalue weighted by atomic mass is 35.5. The van der Waals surface area contributed by atoms with Gasteiger partial charge in [0.05, 0.1) is 5.02 Å². The van der Waals surface area contributed by atoms with Crippen molar-refractivity contribution in [2.24, 2.45) is 10.9 Å². The van der Waals surface area contributed by atoms with Crippen LogP contribution in [0, 0.1) is 5.92 Å². The molecule has 7 heteroatoms. The quantitative estimate of drug-likeness (QED) is 0.391. The highest BCUT2D eigenvalue weighted by Crippen LogP contribution is 2.25. The zero-order chi connectivity index (χ0) is 18.8. The van der Waals surface area contributed by atoms with Crippen LogP contribution in [-0.4, -0.2) is 56.4 Å². The minimum atomic E-state index is 0.336. The van der Waals surface area contributed by atoms with Crippen LogP contribution in [0.15, 0.2) is 23.3 Å². The van der Waals surface area contributed by atoms with Crippen molar-refractivity contribution in [3.63, 3.8) is 0 Å². The smallest absolute Gasteiger partial charge is 0.191 e. The van der Waals surface area contributed by atoms with Gasteiger partial charge in [0.25, 0.3) is 0 Å². The fraction of sp³-hybridized carbons (Fsp3) is 0.684. The number of guanidine groups is 1. The molecule has 1 fully saturated rings. The number of nitrogens with one attached hydrogen (secondary N) is 2. The monoisotopic (exact) mass is 381 g/mol. The first kappa shape index (κ1) is 20.8. The van der Waals surface area contributed by atoms with Gasteiger partial charge in [0.2, 0.25) is 0 Å². The summed E-state index contributed by atoms with van der Waals surface area (Å²) >= 11 is 6.26. The number of pyridine rings is 1. The number of anilines is 1. The summed E-state index contributed by atoms with van der Waals surface area (Å²) in [6, 6.07) is 4.08. The SMILES string of the molecule is CCNC(=NCCCOCC(C)C)NC1CCN(c2ncccc2Cl)C1. The van der Waals surface area contributed by atoms with E-state index in [1.165, 1.54) is 0 Å². The number of rotatable bonds is 9. The fourth-order valence-corrected chi connectivity index (χ4v) is 3.11. The molecular formula is C19H32ClN5O. The molecule has 0 saturated carbocycles. The summed E-state index contributed by atoms with van der Waals surface area (Å²) in [5.74, 6) is 2.31. The summed E-state index contributed by atoms with van der Waals surface area (Å²) in [4.78, 5) is 11.3. The number of halogens is 1. The first-order chi connectivity index (χ1) is 12.6. The maximum Gasteiger partial charge on any atom is 0.191 e. The highest BCUT2D eigenvalue weighted by Gasteiger charge is 2.25. The first-order valence-electron chi connectivity index (χ1n) is 9.58. The van der Waals surface area contributed by atoms with Gasteiger partial charge in [0, 0.05) is 51.6 Å². The summed E-state index contributed by atoms with van der Waals surface area (Å²) < 4.78 is 5.61. The molecule has 0 radical (unpaired) electrons. The van der Waals surface area contributed by atoms with Crippen molar-refractivity contribution in [2.45, 2.75) is 39.7 Å². The van der Waals surface area contributed by atoms with E-state index < -0.39 is 0 Å². The predicted molar refractivity (Wildman–Crippen MR) is 109 cm³/mol. The molecule has 0 spiro atoms. The Balaban J connectivity index is 1.78. The molecule has 1 unspecified atom stereocenters. The molecule has 0 bridgehead atoms. The van der Waals surface area contributed by atoms with Gasteiger partial charge in [-0.2, -0.15) is 0 Å². The van der Waals surface area contributed by atoms with Crippen molar-refractivity contribution in [2.75, 3.05) is 44.3 Å². The van der Waals surface area contributed by atoms with Gasteiger partial charge in [0.1, 0.15) is 5.82 Å². The Hall–Kier alpha value is -1.53. The van der Waals surface area contributed by atoms with Gasteiger partial charge in [-0.25, -0.2) is 4.98 Å². The third-order valence-electron chi connectivity index (χ3n) is 4.08. The molecule has 2 N–H and O–H groups in total. The summed E-state index contributed by atoms with van der Waals surface area (Å²) in [5.41, 5.74) is 0. The molecule has 2 heterocycles. The Morgan fingerprint density at radius 2 is 2.35 bits per heavy atom. The fourth-order valence-electron chi connectivity index (χ4n) is 2.87. The van der Waals surface area contributed by atoms with Crippen LogP contribution >= 0.6 is 11.6 Å². The maximum atomic E-state index is 6.26. The van der Waals surface area contributed by atoms with E-state index in [0.29, 0.717) is 17.0 Å².